The molecule has 2 aromatic heterocycles. The van der Waals surface area contributed by atoms with Gasteiger partial charge in [0.15, 0.2) is 11.4 Å². The van der Waals surface area contributed by atoms with E-state index in [-0.39, 0.29) is 12.2 Å². The Kier molecular flexibility index (Phi) is 5.46. The van der Waals surface area contributed by atoms with Crippen LogP contribution < -0.4 is 10.1 Å². The van der Waals surface area contributed by atoms with E-state index in [0.29, 0.717) is 22.9 Å². The van der Waals surface area contributed by atoms with E-state index in [1.165, 1.54) is 18.2 Å². The van der Waals surface area contributed by atoms with Gasteiger partial charge in [-0.1, -0.05) is 6.07 Å². The highest BCUT2D eigenvalue weighted by molar-refractivity contribution is 5.85. The second-order valence-electron chi connectivity index (χ2n) is 7.74. The smallest absolute Gasteiger partial charge is 0.413 e. The summed E-state index contributed by atoms with van der Waals surface area (Å²) in [6.07, 6.45) is 1.17. The van der Waals surface area contributed by atoms with Gasteiger partial charge in [0.05, 0.1) is 11.3 Å². The van der Waals surface area contributed by atoms with Crippen LogP contribution in [-0.4, -0.2) is 21.1 Å². The molecule has 0 fully saturated rings. The minimum absolute atomic E-state index is 0.164. The molecule has 29 heavy (non-hydrogen) atoms. The molecule has 0 saturated carbocycles. The summed E-state index contributed by atoms with van der Waals surface area (Å²) < 4.78 is 40.4. The van der Waals surface area contributed by atoms with E-state index in [1.54, 1.807) is 44.4 Å². The fourth-order valence-electron chi connectivity index (χ4n) is 2.83. The molecule has 154 valence electrons. The third-order valence-electron chi connectivity index (χ3n) is 4.05. The van der Waals surface area contributed by atoms with E-state index in [2.05, 4.69) is 10.3 Å². The number of amides is 1. The van der Waals surface area contributed by atoms with Gasteiger partial charge in [-0.25, -0.2) is 18.6 Å². The number of rotatable bonds is 4. The van der Waals surface area contributed by atoms with Gasteiger partial charge in [0.25, 0.3) is 0 Å². The topological polar surface area (TPSA) is 64.9 Å². The standard InChI is InChI=1S/C21H23F2N3O3/c1-12-9-17(28-11-14-15(22)7-6-8-16(14)23)19-24-13(2)18(26(19)10-12)25-20(27)29-21(3,4)5/h6-10H,11H2,1-5H3,(H,25,27). The molecule has 0 bridgehead atoms. The largest absolute Gasteiger partial charge is 0.485 e. The molecule has 1 aromatic carbocycles. The lowest BCUT2D eigenvalue weighted by molar-refractivity contribution is 0.0635. The number of benzene rings is 1. The zero-order valence-corrected chi connectivity index (χ0v) is 17.0. The highest BCUT2D eigenvalue weighted by Gasteiger charge is 2.20. The Morgan fingerprint density at radius 3 is 2.48 bits per heavy atom. The van der Waals surface area contributed by atoms with Gasteiger partial charge >= 0.3 is 6.09 Å². The molecular weight excluding hydrogens is 380 g/mol. The number of nitrogens with one attached hydrogen (secondary N) is 1. The summed E-state index contributed by atoms with van der Waals surface area (Å²) in [5.74, 6) is -0.589. The molecule has 0 aliphatic carbocycles. The van der Waals surface area contributed by atoms with Gasteiger partial charge in [0.1, 0.15) is 29.7 Å². The summed E-state index contributed by atoms with van der Waals surface area (Å²) in [4.78, 5) is 16.6. The first kappa shape index (κ1) is 20.6. The molecule has 3 rings (SSSR count). The molecule has 0 spiro atoms. The van der Waals surface area contributed by atoms with E-state index in [9.17, 15) is 13.6 Å². The van der Waals surface area contributed by atoms with Crippen LogP contribution in [0.1, 0.15) is 37.6 Å². The number of nitrogens with zero attached hydrogens (tertiary/aromatic N) is 2. The van der Waals surface area contributed by atoms with Crippen LogP contribution in [0.3, 0.4) is 0 Å². The van der Waals surface area contributed by atoms with Crippen LogP contribution in [0, 0.1) is 25.5 Å². The highest BCUT2D eigenvalue weighted by atomic mass is 19.1. The van der Waals surface area contributed by atoms with Crippen LogP contribution in [0.2, 0.25) is 0 Å². The fraction of sp³-hybridized carbons (Fsp3) is 0.333. The maximum absolute atomic E-state index is 13.9. The van der Waals surface area contributed by atoms with E-state index in [0.717, 1.165) is 5.56 Å². The van der Waals surface area contributed by atoms with Gasteiger partial charge in [0.2, 0.25) is 0 Å². The maximum Gasteiger partial charge on any atom is 0.413 e. The zero-order chi connectivity index (χ0) is 21.3. The molecule has 0 aliphatic rings. The number of anilines is 1. The first-order valence-corrected chi connectivity index (χ1v) is 9.10. The van der Waals surface area contributed by atoms with E-state index < -0.39 is 23.3 Å². The lowest BCUT2D eigenvalue weighted by atomic mass is 10.2. The molecule has 8 heteroatoms. The van der Waals surface area contributed by atoms with Gasteiger partial charge in [-0.05, 0) is 58.4 Å². The summed E-state index contributed by atoms with van der Waals surface area (Å²) in [6.45, 7) is 8.58. The number of ether oxygens (including phenoxy) is 2. The maximum atomic E-state index is 13.9. The molecule has 0 unspecified atom stereocenters. The average Bonchev–Trinajstić information content (AvgIpc) is 2.88. The van der Waals surface area contributed by atoms with Crippen LogP contribution >= 0.6 is 0 Å². The number of pyridine rings is 1. The van der Waals surface area contributed by atoms with Crippen LogP contribution in [0.5, 0.6) is 5.75 Å². The number of aromatic nitrogens is 2. The second-order valence-corrected chi connectivity index (χ2v) is 7.74. The normalized spacial score (nSPS) is 11.6. The van der Waals surface area contributed by atoms with Gasteiger partial charge in [0, 0.05) is 6.20 Å². The molecule has 2 heterocycles. The highest BCUT2D eigenvalue weighted by Crippen LogP contribution is 2.28. The summed E-state index contributed by atoms with van der Waals surface area (Å²) in [5, 5.41) is 2.70. The van der Waals surface area contributed by atoms with Gasteiger partial charge in [-0.15, -0.1) is 0 Å². The minimum Gasteiger partial charge on any atom is -0.485 e. The fourth-order valence-corrected chi connectivity index (χ4v) is 2.83. The average molecular weight is 403 g/mol. The Labute approximate surface area is 167 Å². The van der Waals surface area contributed by atoms with Crippen molar-refractivity contribution in [1.29, 1.82) is 0 Å². The summed E-state index contributed by atoms with van der Waals surface area (Å²) in [7, 11) is 0. The van der Waals surface area contributed by atoms with Crippen LogP contribution in [0.25, 0.3) is 5.65 Å². The monoisotopic (exact) mass is 403 g/mol. The predicted molar refractivity (Wildman–Crippen MR) is 105 cm³/mol. The minimum atomic E-state index is -0.680. The van der Waals surface area contributed by atoms with Gasteiger partial charge in [-0.3, -0.25) is 9.72 Å². The number of halogens is 2. The van der Waals surface area contributed by atoms with Crippen molar-refractivity contribution in [2.75, 3.05) is 5.32 Å². The number of carbonyl (C=O) groups excluding carboxylic acids is 1. The van der Waals surface area contributed by atoms with Crippen molar-refractivity contribution in [2.45, 2.75) is 46.8 Å². The lowest BCUT2D eigenvalue weighted by Crippen LogP contribution is -2.27. The molecular formula is C21H23F2N3O3. The second kappa shape index (κ2) is 7.69. The zero-order valence-electron chi connectivity index (χ0n) is 17.0. The van der Waals surface area contributed by atoms with Crippen LogP contribution in [-0.2, 0) is 11.3 Å². The lowest BCUT2D eigenvalue weighted by Gasteiger charge is -2.19. The molecule has 6 nitrogen and oxygen atoms in total. The Morgan fingerprint density at radius 2 is 1.86 bits per heavy atom. The number of aryl methyl sites for hydroxylation is 2. The molecule has 0 radical (unpaired) electrons. The van der Waals surface area contributed by atoms with Gasteiger partial charge < -0.3 is 9.47 Å². The van der Waals surface area contributed by atoms with E-state index >= 15 is 0 Å². The summed E-state index contributed by atoms with van der Waals surface area (Å²) in [6, 6.07) is 5.37. The SMILES string of the molecule is Cc1cc(OCc2c(F)cccc2F)c2nc(C)c(NC(=O)OC(C)(C)C)n2c1. The van der Waals surface area contributed by atoms with Crippen molar-refractivity contribution in [3.63, 3.8) is 0 Å². The van der Waals surface area contributed by atoms with Crippen molar-refractivity contribution in [3.8, 4) is 5.75 Å². The molecule has 1 amide bonds. The molecule has 3 aromatic rings. The Balaban J connectivity index is 1.93. The van der Waals surface area contributed by atoms with Crippen molar-refractivity contribution < 1.29 is 23.0 Å². The Hall–Kier alpha value is -3.16. The third-order valence-corrected chi connectivity index (χ3v) is 4.05. The van der Waals surface area contributed by atoms with Crippen molar-refractivity contribution in [2.24, 2.45) is 0 Å². The van der Waals surface area contributed by atoms with E-state index in [1.807, 2.05) is 6.92 Å². The number of carbonyl (C=O) groups is 1. The number of fused-ring (bicyclic) bond motifs is 1. The Bertz CT molecular complexity index is 1050. The quantitative estimate of drug-likeness (QED) is 0.654. The first-order valence-electron chi connectivity index (χ1n) is 9.10. The molecule has 0 atom stereocenters. The first-order chi connectivity index (χ1) is 13.5. The third kappa shape index (κ3) is 4.64. The predicted octanol–water partition coefficient (Wildman–Crippen LogP) is 5.16. The Morgan fingerprint density at radius 1 is 1.21 bits per heavy atom. The van der Waals surface area contributed by atoms with Crippen LogP contribution in [0.4, 0.5) is 19.4 Å². The summed E-state index contributed by atoms with van der Waals surface area (Å²) in [5.41, 5.74) is 0.958. The number of imidazole rings is 1. The van der Waals surface area contributed by atoms with Crippen molar-refractivity contribution >= 4 is 17.6 Å². The molecule has 0 saturated heterocycles. The van der Waals surface area contributed by atoms with E-state index in [4.69, 9.17) is 9.47 Å². The number of hydrogen-bond acceptors (Lipinski definition) is 4. The number of hydrogen-bond donors (Lipinski definition) is 1. The van der Waals surface area contributed by atoms with Crippen molar-refractivity contribution in [1.82, 2.24) is 9.38 Å². The van der Waals surface area contributed by atoms with Crippen LogP contribution in [0.15, 0.2) is 30.5 Å². The molecule has 1 N–H and O–H groups in total. The summed E-state index contributed by atoms with van der Waals surface area (Å²) >= 11 is 0. The van der Waals surface area contributed by atoms with Crippen molar-refractivity contribution in [3.05, 3.63) is 58.9 Å². The molecule has 0 aliphatic heterocycles. The van der Waals surface area contributed by atoms with Gasteiger partial charge in [-0.2, -0.15) is 0 Å².